The molecule has 53 heavy (non-hydrogen) atoms. The molecule has 0 aliphatic heterocycles. The van der Waals surface area contributed by atoms with Gasteiger partial charge in [0.25, 0.3) is 0 Å². The summed E-state index contributed by atoms with van der Waals surface area (Å²) in [5.41, 5.74) is 0. The molecular weight excluding hydrogens is 959 g/mol. The minimum atomic E-state index is 0. The van der Waals surface area contributed by atoms with E-state index in [2.05, 4.69) is 119 Å². The second kappa shape index (κ2) is 19.8. The first-order chi connectivity index (χ1) is 24.3. The minimum Gasteiger partial charge on any atom is -0.358 e. The second-order valence-corrected chi connectivity index (χ2v) is 20.8. The van der Waals surface area contributed by atoms with Crippen LogP contribution in [0, 0.1) is 14.9 Å². The quantitative estimate of drug-likeness (QED) is 0.105. The molecule has 0 aromatic carbocycles. The summed E-state index contributed by atoms with van der Waals surface area (Å²) >= 11 is 15.4. The number of rotatable bonds is 8. The van der Waals surface area contributed by atoms with E-state index in [9.17, 15) is 0 Å². The maximum Gasteiger partial charge on any atom is 2.00 e. The van der Waals surface area contributed by atoms with Crippen molar-refractivity contribution in [1.82, 2.24) is 0 Å². The van der Waals surface area contributed by atoms with Crippen LogP contribution in [-0.2, 0) is 16.8 Å². The van der Waals surface area contributed by atoms with E-state index in [1.54, 1.807) is 0 Å². The molecule has 8 heterocycles. The standard InChI is InChI=1S/C36H24S8.C5H10.2CH3.Co.HI/c1-5-21(37-17-1)25-9-13-29(41-25)33-34(30-14-10-26(42-30)22-6-2-18-38-22)36(32-16-12-28(44-32)24-8-4-20-40-24)35(33)31-15-11-27(43-31)23-7-3-19-39-23;1-2-4-5-3-1;;;;/h1-20,33-36H;1-5H2;2*1H3;;1H/q;;2*-1;+2;. The number of halogens is 1. The largest absolute Gasteiger partial charge is 2.00 e. The number of hydrogen-bond acceptors (Lipinski definition) is 8. The van der Waals surface area contributed by atoms with Crippen molar-refractivity contribution >= 4 is 115 Å². The predicted octanol–water partition coefficient (Wildman–Crippen LogP) is 17.8. The Kier molecular flexibility index (Phi) is 16.1. The summed E-state index contributed by atoms with van der Waals surface area (Å²) in [4.78, 5) is 17.1. The van der Waals surface area contributed by atoms with Crippen molar-refractivity contribution in [2.24, 2.45) is 0 Å². The molecule has 0 saturated heterocycles. The molecular formula is C43H41CoIS8. The SMILES string of the molecule is C1CCCC1.I.[CH3-].[CH3-].[Co+2].c1csc(-c2ccc(C3C(c4ccc(-c5cccs5)s4)C(c4ccc(-c5cccs5)s4)C3c3ccc(-c4cccs4)s3)s2)c1. The first-order valence-corrected chi connectivity index (χ1v) is 23.6. The molecule has 0 unspecified atom stereocenters. The Morgan fingerprint density at radius 1 is 0.321 bits per heavy atom. The zero-order valence-corrected chi connectivity index (χ0v) is 39.3. The topological polar surface area (TPSA) is 0 Å². The van der Waals surface area contributed by atoms with Gasteiger partial charge in [-0.3, -0.25) is 0 Å². The third-order valence-electron chi connectivity index (χ3n) is 9.67. The maximum atomic E-state index is 2.44. The molecule has 2 saturated carbocycles. The molecule has 0 bridgehead atoms. The van der Waals surface area contributed by atoms with Gasteiger partial charge in [0.05, 0.1) is 0 Å². The van der Waals surface area contributed by atoms with Crippen molar-refractivity contribution < 1.29 is 16.8 Å². The molecule has 10 heteroatoms. The van der Waals surface area contributed by atoms with Gasteiger partial charge in [-0.05, 0) is 94.3 Å². The van der Waals surface area contributed by atoms with E-state index in [1.807, 2.05) is 90.7 Å². The van der Waals surface area contributed by atoms with Gasteiger partial charge >= 0.3 is 16.8 Å². The fraction of sp³-hybridized carbons (Fsp3) is 0.209. The summed E-state index contributed by atoms with van der Waals surface area (Å²) in [5.74, 6) is 1.76. The third kappa shape index (κ3) is 9.04. The van der Waals surface area contributed by atoms with Crippen molar-refractivity contribution in [2.45, 2.75) is 55.8 Å². The van der Waals surface area contributed by atoms with Gasteiger partial charge in [0.2, 0.25) is 0 Å². The zero-order valence-electron chi connectivity index (χ0n) is 29.4. The van der Waals surface area contributed by atoms with Crippen molar-refractivity contribution in [3.63, 3.8) is 0 Å². The number of hydrogen-bond donors (Lipinski definition) is 0. The smallest absolute Gasteiger partial charge is 0.358 e. The van der Waals surface area contributed by atoms with E-state index in [0.717, 1.165) is 0 Å². The van der Waals surface area contributed by atoms with Crippen LogP contribution >= 0.6 is 115 Å². The maximum absolute atomic E-state index is 2.44. The van der Waals surface area contributed by atoms with Crippen LogP contribution in [0.25, 0.3) is 39.0 Å². The Morgan fingerprint density at radius 2 is 0.547 bits per heavy atom. The molecule has 0 amide bonds. The van der Waals surface area contributed by atoms with Crippen molar-refractivity contribution in [2.75, 3.05) is 0 Å². The summed E-state index contributed by atoms with van der Waals surface area (Å²) < 4.78 is 0. The minimum absolute atomic E-state index is 0. The Hall–Kier alpha value is -1.16. The average molecular weight is 1000 g/mol. The summed E-state index contributed by atoms with van der Waals surface area (Å²) in [6.07, 6.45) is 7.50. The molecule has 0 N–H and O–H groups in total. The van der Waals surface area contributed by atoms with Crippen LogP contribution < -0.4 is 0 Å². The van der Waals surface area contributed by atoms with Gasteiger partial charge in [-0.2, -0.15) is 0 Å². The van der Waals surface area contributed by atoms with Crippen LogP contribution in [0.4, 0.5) is 0 Å². The van der Waals surface area contributed by atoms with E-state index in [0.29, 0.717) is 23.7 Å². The number of thiophene rings is 8. The molecule has 2 aliphatic carbocycles. The van der Waals surface area contributed by atoms with Gasteiger partial charge in [-0.25, -0.2) is 0 Å². The van der Waals surface area contributed by atoms with E-state index in [4.69, 9.17) is 0 Å². The predicted molar refractivity (Wildman–Crippen MR) is 253 cm³/mol. The molecule has 10 rings (SSSR count). The molecule has 8 aromatic heterocycles. The van der Waals surface area contributed by atoms with E-state index in [-0.39, 0.29) is 55.6 Å². The van der Waals surface area contributed by atoms with Gasteiger partial charge in [-0.15, -0.1) is 115 Å². The first kappa shape index (κ1) is 43.0. The molecule has 2 fully saturated rings. The Balaban J connectivity index is 0.000000559. The monoisotopic (exact) mass is 999 g/mol. The Morgan fingerprint density at radius 3 is 0.736 bits per heavy atom. The summed E-state index contributed by atoms with van der Waals surface area (Å²) in [7, 11) is 0. The van der Waals surface area contributed by atoms with Crippen LogP contribution in [-0.4, -0.2) is 0 Å². The summed E-state index contributed by atoms with van der Waals surface area (Å²) in [5, 5.41) is 8.77. The summed E-state index contributed by atoms with van der Waals surface area (Å²) in [6.45, 7) is 0. The van der Waals surface area contributed by atoms with Crippen LogP contribution in [0.3, 0.4) is 0 Å². The van der Waals surface area contributed by atoms with E-state index in [1.165, 1.54) is 90.6 Å². The fourth-order valence-corrected chi connectivity index (χ4v) is 15.5. The third-order valence-corrected chi connectivity index (χ3v) is 18.7. The van der Waals surface area contributed by atoms with Crippen molar-refractivity contribution in [3.05, 3.63) is 153 Å². The molecule has 0 atom stereocenters. The Bertz CT molecular complexity index is 1870. The molecule has 277 valence electrons. The normalized spacial score (nSPS) is 18.7. The average Bonchev–Trinajstić information content (AvgIpc) is 3.98. The van der Waals surface area contributed by atoms with Gasteiger partial charge in [0.1, 0.15) is 0 Å². The van der Waals surface area contributed by atoms with Crippen molar-refractivity contribution in [1.29, 1.82) is 0 Å². The van der Waals surface area contributed by atoms with Gasteiger partial charge in [0, 0.05) is 82.2 Å². The first-order valence-electron chi connectivity index (χ1n) is 16.8. The zero-order chi connectivity index (χ0) is 32.6. The van der Waals surface area contributed by atoms with Crippen LogP contribution in [0.2, 0.25) is 0 Å². The molecule has 0 nitrogen and oxygen atoms in total. The summed E-state index contributed by atoms with van der Waals surface area (Å²) in [6, 6.07) is 36.9. The van der Waals surface area contributed by atoms with E-state index < -0.39 is 0 Å². The Labute approximate surface area is 374 Å². The van der Waals surface area contributed by atoms with Crippen LogP contribution in [0.15, 0.2) is 119 Å². The van der Waals surface area contributed by atoms with Gasteiger partial charge < -0.3 is 14.9 Å². The molecule has 2 aliphatic rings. The molecule has 0 spiro atoms. The van der Waals surface area contributed by atoms with Crippen LogP contribution in [0.1, 0.15) is 75.3 Å². The molecule has 8 aromatic rings. The van der Waals surface area contributed by atoms with Crippen molar-refractivity contribution in [3.8, 4) is 39.0 Å². The van der Waals surface area contributed by atoms with Gasteiger partial charge in [0.15, 0.2) is 0 Å². The van der Waals surface area contributed by atoms with E-state index >= 15 is 0 Å². The fourth-order valence-electron chi connectivity index (χ4n) is 7.38. The van der Waals surface area contributed by atoms with Crippen LogP contribution in [0.5, 0.6) is 0 Å². The molecule has 1 radical (unpaired) electrons. The second-order valence-electron chi connectivity index (χ2n) is 12.6. The van der Waals surface area contributed by atoms with Gasteiger partial charge in [-0.1, -0.05) is 56.4 Å².